The van der Waals surface area contributed by atoms with E-state index in [1.165, 1.54) is 19.1 Å². The zero-order valence-electron chi connectivity index (χ0n) is 10.4. The molecule has 4 nitrogen and oxygen atoms in total. The SMILES string of the molecule is CC(=O)C(C)(C)NS(=O)(=O)c1ccc(C)cc1. The summed E-state index contributed by atoms with van der Waals surface area (Å²) in [7, 11) is -3.65. The van der Waals surface area contributed by atoms with Crippen LogP contribution in [0.4, 0.5) is 0 Å². The smallest absolute Gasteiger partial charge is 0.241 e. The van der Waals surface area contributed by atoms with Gasteiger partial charge in [0.25, 0.3) is 0 Å². The van der Waals surface area contributed by atoms with E-state index in [1.807, 2.05) is 6.92 Å². The molecule has 1 rings (SSSR count). The first-order valence-corrected chi connectivity index (χ1v) is 6.75. The van der Waals surface area contributed by atoms with Crippen LogP contribution in [0.25, 0.3) is 0 Å². The Labute approximate surface area is 102 Å². The van der Waals surface area contributed by atoms with Crippen molar-refractivity contribution in [1.82, 2.24) is 4.72 Å². The molecule has 1 aromatic rings. The van der Waals surface area contributed by atoms with Gasteiger partial charge in [0.1, 0.15) is 5.78 Å². The molecule has 0 saturated carbocycles. The van der Waals surface area contributed by atoms with E-state index in [-0.39, 0.29) is 10.7 Å². The van der Waals surface area contributed by atoms with Gasteiger partial charge in [-0.1, -0.05) is 17.7 Å². The average molecular weight is 255 g/mol. The number of aryl methyl sites for hydroxylation is 1. The number of rotatable bonds is 4. The third-order valence-electron chi connectivity index (χ3n) is 2.60. The van der Waals surface area contributed by atoms with E-state index in [1.54, 1.807) is 26.0 Å². The zero-order chi connectivity index (χ0) is 13.3. The lowest BCUT2D eigenvalue weighted by Crippen LogP contribution is -2.48. The summed E-state index contributed by atoms with van der Waals surface area (Å²) in [6, 6.07) is 6.48. The minimum absolute atomic E-state index is 0.164. The van der Waals surface area contributed by atoms with E-state index in [0.717, 1.165) is 5.56 Å². The van der Waals surface area contributed by atoms with Gasteiger partial charge in [0, 0.05) is 0 Å². The molecular formula is C12H17NO3S. The molecule has 0 unspecified atom stereocenters. The number of Topliss-reactive ketones (excluding diaryl/α,β-unsaturated/α-hetero) is 1. The van der Waals surface area contributed by atoms with Crippen molar-refractivity contribution in [2.75, 3.05) is 0 Å². The minimum Gasteiger partial charge on any atom is -0.298 e. The number of benzene rings is 1. The quantitative estimate of drug-likeness (QED) is 0.889. The molecule has 0 saturated heterocycles. The predicted molar refractivity (Wildman–Crippen MR) is 66.3 cm³/mol. The van der Waals surface area contributed by atoms with Crippen LogP contribution in [0.1, 0.15) is 26.3 Å². The third-order valence-corrected chi connectivity index (χ3v) is 4.27. The van der Waals surface area contributed by atoms with Crippen LogP contribution in [0.3, 0.4) is 0 Å². The Morgan fingerprint density at radius 2 is 1.65 bits per heavy atom. The van der Waals surface area contributed by atoms with Gasteiger partial charge in [-0.25, -0.2) is 8.42 Å². The summed E-state index contributed by atoms with van der Waals surface area (Å²) in [6.45, 7) is 6.32. The Hall–Kier alpha value is -1.20. The van der Waals surface area contributed by atoms with Gasteiger partial charge < -0.3 is 0 Å². The number of hydrogen-bond acceptors (Lipinski definition) is 3. The Kier molecular flexibility index (Phi) is 3.74. The molecule has 1 N–H and O–H groups in total. The first-order chi connectivity index (χ1) is 7.65. The third kappa shape index (κ3) is 3.38. The van der Waals surface area contributed by atoms with Crippen molar-refractivity contribution in [1.29, 1.82) is 0 Å². The van der Waals surface area contributed by atoms with Crippen LogP contribution < -0.4 is 4.72 Å². The highest BCUT2D eigenvalue weighted by molar-refractivity contribution is 7.89. The second-order valence-corrected chi connectivity index (χ2v) is 6.28. The molecule has 5 heteroatoms. The largest absolute Gasteiger partial charge is 0.298 e. The number of carbonyl (C=O) groups is 1. The molecule has 0 bridgehead atoms. The number of nitrogens with one attached hydrogen (secondary N) is 1. The molecular weight excluding hydrogens is 238 g/mol. The van der Waals surface area contributed by atoms with Crippen LogP contribution in [0, 0.1) is 6.92 Å². The van der Waals surface area contributed by atoms with Crippen LogP contribution in [-0.2, 0) is 14.8 Å². The van der Waals surface area contributed by atoms with Crippen molar-refractivity contribution in [2.24, 2.45) is 0 Å². The Morgan fingerprint density at radius 1 is 1.18 bits per heavy atom. The number of ketones is 1. The molecule has 0 aliphatic carbocycles. The van der Waals surface area contributed by atoms with E-state index in [4.69, 9.17) is 0 Å². The monoisotopic (exact) mass is 255 g/mol. The minimum atomic E-state index is -3.65. The second-order valence-electron chi connectivity index (χ2n) is 4.60. The summed E-state index contributed by atoms with van der Waals surface area (Å²) in [4.78, 5) is 11.5. The Balaban J connectivity index is 3.05. The molecule has 0 radical (unpaired) electrons. The number of carbonyl (C=O) groups excluding carboxylic acids is 1. The van der Waals surface area contributed by atoms with Crippen LogP contribution in [-0.4, -0.2) is 19.7 Å². The van der Waals surface area contributed by atoms with Crippen molar-refractivity contribution in [2.45, 2.75) is 38.1 Å². The second kappa shape index (κ2) is 4.58. The lowest BCUT2D eigenvalue weighted by atomic mass is 10.0. The fraction of sp³-hybridized carbons (Fsp3) is 0.417. The summed E-state index contributed by atoms with van der Waals surface area (Å²) in [5, 5.41) is 0. The van der Waals surface area contributed by atoms with Gasteiger partial charge in [0.05, 0.1) is 10.4 Å². The summed E-state index contributed by atoms with van der Waals surface area (Å²) < 4.78 is 26.4. The highest BCUT2D eigenvalue weighted by Crippen LogP contribution is 2.14. The Bertz CT molecular complexity index is 515. The van der Waals surface area contributed by atoms with E-state index in [2.05, 4.69) is 4.72 Å². The van der Waals surface area contributed by atoms with Gasteiger partial charge in [0.15, 0.2) is 0 Å². The maximum absolute atomic E-state index is 12.0. The Morgan fingerprint density at radius 3 is 2.06 bits per heavy atom. The van der Waals surface area contributed by atoms with Crippen molar-refractivity contribution in [3.05, 3.63) is 29.8 Å². The molecule has 17 heavy (non-hydrogen) atoms. The lowest BCUT2D eigenvalue weighted by molar-refractivity contribution is -0.121. The van der Waals surface area contributed by atoms with Gasteiger partial charge in [-0.3, -0.25) is 4.79 Å². The molecule has 0 aromatic heterocycles. The van der Waals surface area contributed by atoms with Crippen LogP contribution in [0.15, 0.2) is 29.2 Å². The van der Waals surface area contributed by atoms with Gasteiger partial charge in [-0.15, -0.1) is 0 Å². The summed E-state index contributed by atoms with van der Waals surface area (Å²) in [6.07, 6.45) is 0. The molecule has 0 amide bonds. The average Bonchev–Trinajstić information content (AvgIpc) is 2.16. The van der Waals surface area contributed by atoms with E-state index in [9.17, 15) is 13.2 Å². The summed E-state index contributed by atoms with van der Waals surface area (Å²) in [5.41, 5.74) is -0.112. The van der Waals surface area contributed by atoms with Crippen molar-refractivity contribution >= 4 is 15.8 Å². The molecule has 0 spiro atoms. The highest BCUT2D eigenvalue weighted by atomic mass is 32.2. The van der Waals surface area contributed by atoms with Gasteiger partial charge in [-0.05, 0) is 39.8 Å². The first kappa shape index (κ1) is 13.9. The van der Waals surface area contributed by atoms with Gasteiger partial charge in [0.2, 0.25) is 10.0 Å². The predicted octanol–water partition coefficient (Wildman–Crippen LogP) is 1.64. The van der Waals surface area contributed by atoms with Gasteiger partial charge >= 0.3 is 0 Å². The van der Waals surface area contributed by atoms with Crippen LogP contribution in [0.2, 0.25) is 0 Å². The standard InChI is InChI=1S/C12H17NO3S/c1-9-5-7-11(8-6-9)17(15,16)13-12(3,4)10(2)14/h5-8,13H,1-4H3. The van der Waals surface area contributed by atoms with E-state index < -0.39 is 15.6 Å². The lowest BCUT2D eigenvalue weighted by Gasteiger charge is -2.22. The number of sulfonamides is 1. The van der Waals surface area contributed by atoms with E-state index >= 15 is 0 Å². The zero-order valence-corrected chi connectivity index (χ0v) is 11.3. The highest BCUT2D eigenvalue weighted by Gasteiger charge is 2.30. The molecule has 0 heterocycles. The maximum Gasteiger partial charge on any atom is 0.241 e. The summed E-state index contributed by atoms with van der Waals surface area (Å²) >= 11 is 0. The molecule has 0 aliphatic rings. The van der Waals surface area contributed by atoms with Crippen molar-refractivity contribution in [3.8, 4) is 0 Å². The molecule has 0 atom stereocenters. The fourth-order valence-corrected chi connectivity index (χ4v) is 2.61. The molecule has 0 aliphatic heterocycles. The topological polar surface area (TPSA) is 63.2 Å². The van der Waals surface area contributed by atoms with Gasteiger partial charge in [-0.2, -0.15) is 4.72 Å². The normalized spacial score (nSPS) is 12.5. The van der Waals surface area contributed by atoms with Crippen molar-refractivity contribution in [3.63, 3.8) is 0 Å². The molecule has 94 valence electrons. The summed E-state index contributed by atoms with van der Waals surface area (Å²) in [5.74, 6) is -0.229. The fourth-order valence-electron chi connectivity index (χ4n) is 1.18. The maximum atomic E-state index is 12.0. The van der Waals surface area contributed by atoms with Crippen molar-refractivity contribution < 1.29 is 13.2 Å². The number of hydrogen-bond donors (Lipinski definition) is 1. The van der Waals surface area contributed by atoms with Crippen LogP contribution in [0.5, 0.6) is 0 Å². The first-order valence-electron chi connectivity index (χ1n) is 5.27. The molecule has 1 aromatic carbocycles. The van der Waals surface area contributed by atoms with E-state index in [0.29, 0.717) is 0 Å². The van der Waals surface area contributed by atoms with Crippen LogP contribution >= 0.6 is 0 Å². The molecule has 0 fully saturated rings.